The van der Waals surface area contributed by atoms with Crippen LogP contribution in [-0.4, -0.2) is 53.4 Å². The largest absolute Gasteiger partial charge is 0.342 e. The Morgan fingerprint density at radius 2 is 2.17 bits per heavy atom. The van der Waals surface area contributed by atoms with Crippen molar-refractivity contribution in [3.8, 4) is 0 Å². The molecule has 1 aromatic heterocycles. The van der Waals surface area contributed by atoms with E-state index >= 15 is 0 Å². The van der Waals surface area contributed by atoms with E-state index in [1.807, 2.05) is 6.92 Å². The Hall–Kier alpha value is -0.980. The maximum absolute atomic E-state index is 12.7. The van der Waals surface area contributed by atoms with Gasteiger partial charge in [-0.3, -0.25) is 9.69 Å². The first-order valence-electron chi connectivity index (χ1n) is 8.61. The second-order valence-electron chi connectivity index (χ2n) is 7.43. The Kier molecular flexibility index (Phi) is 5.04. The minimum atomic E-state index is 0.124. The van der Waals surface area contributed by atoms with Crippen molar-refractivity contribution in [1.82, 2.24) is 14.8 Å². The number of aryl methyl sites for hydroxylation is 1. The van der Waals surface area contributed by atoms with Gasteiger partial charge in [-0.2, -0.15) is 0 Å². The maximum Gasteiger partial charge on any atom is 0.225 e. The van der Waals surface area contributed by atoms with Gasteiger partial charge in [0.05, 0.1) is 10.7 Å². The van der Waals surface area contributed by atoms with Crippen LogP contribution in [0.15, 0.2) is 5.38 Å². The topological polar surface area (TPSA) is 62.5 Å². The van der Waals surface area contributed by atoms with E-state index in [9.17, 15) is 4.79 Å². The van der Waals surface area contributed by atoms with Gasteiger partial charge in [-0.05, 0) is 51.2 Å². The molecule has 2 fully saturated rings. The number of likely N-dealkylation sites (tertiary alicyclic amines) is 2. The van der Waals surface area contributed by atoms with Gasteiger partial charge in [0.1, 0.15) is 0 Å². The SMILES string of the molecule is Cc1nc(CN2CCC(C(=O)N3CCC(C)(CN)C3)CC2)cs1. The summed E-state index contributed by atoms with van der Waals surface area (Å²) in [5, 5.41) is 3.27. The van der Waals surface area contributed by atoms with E-state index in [2.05, 4.69) is 27.1 Å². The molecule has 6 heteroatoms. The van der Waals surface area contributed by atoms with E-state index < -0.39 is 0 Å². The Bertz CT molecular complexity index is 553. The van der Waals surface area contributed by atoms with Gasteiger partial charge in [0, 0.05) is 30.9 Å². The minimum Gasteiger partial charge on any atom is -0.342 e. The first kappa shape index (κ1) is 16.9. The Balaban J connectivity index is 1.48. The van der Waals surface area contributed by atoms with E-state index in [4.69, 9.17) is 5.73 Å². The molecule has 0 radical (unpaired) electrons. The number of carbonyl (C=O) groups is 1. The van der Waals surface area contributed by atoms with Crippen molar-refractivity contribution in [3.05, 3.63) is 16.1 Å². The highest BCUT2D eigenvalue weighted by Crippen LogP contribution is 2.31. The molecule has 2 aliphatic rings. The van der Waals surface area contributed by atoms with Gasteiger partial charge in [0.2, 0.25) is 5.91 Å². The number of thiazole rings is 1. The minimum absolute atomic E-state index is 0.124. The maximum atomic E-state index is 12.7. The van der Waals surface area contributed by atoms with Gasteiger partial charge < -0.3 is 10.6 Å². The Labute approximate surface area is 142 Å². The summed E-state index contributed by atoms with van der Waals surface area (Å²) in [6.07, 6.45) is 2.98. The van der Waals surface area contributed by atoms with Crippen molar-refractivity contribution in [3.63, 3.8) is 0 Å². The molecule has 23 heavy (non-hydrogen) atoms. The number of hydrogen-bond acceptors (Lipinski definition) is 5. The third kappa shape index (κ3) is 3.92. The predicted octanol–water partition coefficient (Wildman–Crippen LogP) is 1.86. The first-order valence-corrected chi connectivity index (χ1v) is 9.49. The molecule has 2 aliphatic heterocycles. The Morgan fingerprint density at radius 3 is 2.74 bits per heavy atom. The average Bonchev–Trinajstić information content (AvgIpc) is 3.14. The second kappa shape index (κ2) is 6.87. The highest BCUT2D eigenvalue weighted by Gasteiger charge is 2.37. The zero-order valence-electron chi connectivity index (χ0n) is 14.3. The lowest BCUT2D eigenvalue weighted by Gasteiger charge is -2.33. The van der Waals surface area contributed by atoms with Crippen LogP contribution in [0.25, 0.3) is 0 Å². The number of nitrogens with two attached hydrogens (primary N) is 1. The highest BCUT2D eigenvalue weighted by atomic mass is 32.1. The lowest BCUT2D eigenvalue weighted by atomic mass is 9.90. The quantitative estimate of drug-likeness (QED) is 0.912. The molecule has 1 atom stereocenters. The van der Waals surface area contributed by atoms with E-state index in [1.165, 1.54) is 0 Å². The molecule has 1 aromatic rings. The summed E-state index contributed by atoms with van der Waals surface area (Å²) in [5.74, 6) is 0.551. The highest BCUT2D eigenvalue weighted by molar-refractivity contribution is 7.09. The number of carbonyl (C=O) groups excluding carboxylic acids is 1. The molecule has 0 spiro atoms. The molecular weight excluding hydrogens is 308 g/mol. The fourth-order valence-electron chi connectivity index (χ4n) is 3.68. The monoisotopic (exact) mass is 336 g/mol. The number of aromatic nitrogens is 1. The average molecular weight is 337 g/mol. The van der Waals surface area contributed by atoms with Crippen LogP contribution in [-0.2, 0) is 11.3 Å². The van der Waals surface area contributed by atoms with Crippen LogP contribution < -0.4 is 5.73 Å². The summed E-state index contributed by atoms with van der Waals surface area (Å²) in [6, 6.07) is 0. The van der Waals surface area contributed by atoms with Crippen LogP contribution >= 0.6 is 11.3 Å². The van der Waals surface area contributed by atoms with Gasteiger partial charge in [0.25, 0.3) is 0 Å². The van der Waals surface area contributed by atoms with Crippen molar-refractivity contribution in [2.45, 2.75) is 39.7 Å². The summed E-state index contributed by atoms with van der Waals surface area (Å²) < 4.78 is 0. The smallest absolute Gasteiger partial charge is 0.225 e. The molecule has 0 aromatic carbocycles. The molecule has 5 nitrogen and oxygen atoms in total. The summed E-state index contributed by atoms with van der Waals surface area (Å²) in [5.41, 5.74) is 7.14. The van der Waals surface area contributed by atoms with Crippen LogP contribution in [0.1, 0.15) is 36.9 Å². The van der Waals surface area contributed by atoms with E-state index in [-0.39, 0.29) is 11.3 Å². The number of rotatable bonds is 4. The standard InChI is InChI=1S/C17H28N4OS/c1-13-19-15(10-23-13)9-20-6-3-14(4-7-20)16(22)21-8-5-17(2,11-18)12-21/h10,14H,3-9,11-12,18H2,1-2H3. The summed E-state index contributed by atoms with van der Waals surface area (Å²) in [4.78, 5) is 21.7. The normalized spacial score (nSPS) is 26.8. The molecule has 0 saturated carbocycles. The third-order valence-corrected chi connectivity index (χ3v) is 6.17. The number of hydrogen-bond donors (Lipinski definition) is 1. The van der Waals surface area contributed by atoms with Crippen molar-refractivity contribution in [2.24, 2.45) is 17.1 Å². The first-order chi connectivity index (χ1) is 11.0. The number of piperidine rings is 1. The fraction of sp³-hybridized carbons (Fsp3) is 0.765. The zero-order valence-corrected chi connectivity index (χ0v) is 15.1. The molecule has 128 valence electrons. The number of nitrogens with zero attached hydrogens (tertiary/aromatic N) is 3. The van der Waals surface area contributed by atoms with Crippen molar-refractivity contribution in [1.29, 1.82) is 0 Å². The lowest BCUT2D eigenvalue weighted by Crippen LogP contribution is -2.42. The summed E-state index contributed by atoms with van der Waals surface area (Å²) >= 11 is 1.71. The molecule has 2 N–H and O–H groups in total. The van der Waals surface area contributed by atoms with Gasteiger partial charge in [0.15, 0.2) is 0 Å². The van der Waals surface area contributed by atoms with Gasteiger partial charge in [-0.15, -0.1) is 11.3 Å². The van der Waals surface area contributed by atoms with Gasteiger partial charge >= 0.3 is 0 Å². The summed E-state index contributed by atoms with van der Waals surface area (Å²) in [6.45, 7) is 9.53. The fourth-order valence-corrected chi connectivity index (χ4v) is 4.29. The van der Waals surface area contributed by atoms with Crippen LogP contribution in [0, 0.1) is 18.3 Å². The van der Waals surface area contributed by atoms with Gasteiger partial charge in [-0.1, -0.05) is 6.92 Å². The Morgan fingerprint density at radius 1 is 1.43 bits per heavy atom. The van der Waals surface area contributed by atoms with E-state index in [1.54, 1.807) is 11.3 Å². The zero-order chi connectivity index (χ0) is 16.4. The molecule has 0 bridgehead atoms. The number of amides is 1. The predicted molar refractivity (Wildman–Crippen MR) is 93.2 cm³/mol. The third-order valence-electron chi connectivity index (χ3n) is 5.35. The molecule has 3 rings (SSSR count). The molecule has 1 unspecified atom stereocenters. The van der Waals surface area contributed by atoms with Gasteiger partial charge in [-0.25, -0.2) is 4.98 Å². The second-order valence-corrected chi connectivity index (χ2v) is 8.50. The molecule has 3 heterocycles. The summed E-state index contributed by atoms with van der Waals surface area (Å²) in [7, 11) is 0. The molecular formula is C17H28N4OS. The van der Waals surface area contributed by atoms with Crippen molar-refractivity contribution in [2.75, 3.05) is 32.7 Å². The van der Waals surface area contributed by atoms with Crippen LogP contribution in [0.3, 0.4) is 0 Å². The van der Waals surface area contributed by atoms with Crippen molar-refractivity contribution >= 4 is 17.2 Å². The van der Waals surface area contributed by atoms with Crippen LogP contribution in [0.4, 0.5) is 0 Å². The lowest BCUT2D eigenvalue weighted by molar-refractivity contribution is -0.136. The van der Waals surface area contributed by atoms with E-state index in [0.717, 1.165) is 62.7 Å². The molecule has 1 amide bonds. The molecule has 2 saturated heterocycles. The van der Waals surface area contributed by atoms with E-state index in [0.29, 0.717) is 12.5 Å². The van der Waals surface area contributed by atoms with Crippen molar-refractivity contribution < 1.29 is 4.79 Å². The van der Waals surface area contributed by atoms with Crippen LogP contribution in [0.2, 0.25) is 0 Å². The van der Waals surface area contributed by atoms with Crippen LogP contribution in [0.5, 0.6) is 0 Å². The molecule has 0 aliphatic carbocycles.